The summed E-state index contributed by atoms with van der Waals surface area (Å²) in [4.78, 5) is 26.2. The first-order valence-corrected chi connectivity index (χ1v) is 12.0. The first-order chi connectivity index (χ1) is 17.5. The summed E-state index contributed by atoms with van der Waals surface area (Å²) >= 11 is 0. The molecule has 0 aliphatic rings. The smallest absolute Gasteiger partial charge is 0.225 e. The number of benzene rings is 2. The predicted octanol–water partition coefficient (Wildman–Crippen LogP) is 4.65. The van der Waals surface area contributed by atoms with Crippen molar-refractivity contribution in [2.24, 2.45) is 0 Å². The zero-order valence-corrected chi connectivity index (χ0v) is 20.6. The van der Waals surface area contributed by atoms with Crippen LogP contribution >= 0.6 is 0 Å². The van der Waals surface area contributed by atoms with Crippen molar-refractivity contribution in [3.63, 3.8) is 0 Å². The van der Waals surface area contributed by atoms with Crippen LogP contribution in [0.2, 0.25) is 0 Å². The van der Waals surface area contributed by atoms with Crippen LogP contribution in [-0.4, -0.2) is 38.1 Å². The lowest BCUT2D eigenvalue weighted by Gasteiger charge is -2.20. The van der Waals surface area contributed by atoms with Crippen molar-refractivity contribution in [2.75, 3.05) is 12.4 Å². The van der Waals surface area contributed by atoms with E-state index in [2.05, 4.69) is 36.9 Å². The topological polar surface area (TPSA) is 111 Å². The number of aromatic amines is 2. The standard InChI is InChI=1S/C28H29N7O/c1-17-22(18(2)35-34-17)14-27(36)31-24(13-20-16-30-23-12-8-7-11-21(20)23)25-15-26(29-3)33-28(32-25)19-9-5-4-6-10-19/h4-12,15-16,24,30H,13-14H2,1-3H3,(H,31,36)(H,34,35)(H,29,32,33)/t24-/m0/s1. The normalized spacial score (nSPS) is 12.0. The van der Waals surface area contributed by atoms with Gasteiger partial charge >= 0.3 is 0 Å². The number of aromatic nitrogens is 5. The fraction of sp³-hybridized carbons (Fsp3) is 0.214. The third kappa shape index (κ3) is 4.84. The van der Waals surface area contributed by atoms with Crippen LogP contribution in [0.4, 0.5) is 5.82 Å². The second kappa shape index (κ2) is 10.0. The lowest BCUT2D eigenvalue weighted by molar-refractivity contribution is -0.121. The van der Waals surface area contributed by atoms with Gasteiger partial charge in [-0.05, 0) is 25.5 Å². The number of para-hydroxylation sites is 1. The van der Waals surface area contributed by atoms with Gasteiger partial charge in [-0.25, -0.2) is 9.97 Å². The SMILES string of the molecule is CNc1cc([C@H](Cc2c[nH]c3ccccc23)NC(=O)Cc2c(C)n[nH]c2C)nc(-c2ccccc2)n1. The van der Waals surface area contributed by atoms with E-state index in [0.717, 1.165) is 44.7 Å². The zero-order valence-electron chi connectivity index (χ0n) is 20.6. The van der Waals surface area contributed by atoms with Crippen LogP contribution in [0.25, 0.3) is 22.3 Å². The highest BCUT2D eigenvalue weighted by atomic mass is 16.1. The molecule has 4 N–H and O–H groups in total. The summed E-state index contributed by atoms with van der Waals surface area (Å²) in [7, 11) is 1.83. The zero-order chi connectivity index (χ0) is 25.1. The van der Waals surface area contributed by atoms with E-state index in [1.807, 2.05) is 81.7 Å². The van der Waals surface area contributed by atoms with Crippen molar-refractivity contribution in [2.45, 2.75) is 32.7 Å². The van der Waals surface area contributed by atoms with Crippen LogP contribution in [0.5, 0.6) is 0 Å². The number of fused-ring (bicyclic) bond motifs is 1. The lowest BCUT2D eigenvalue weighted by Crippen LogP contribution is -2.32. The molecule has 8 nitrogen and oxygen atoms in total. The molecule has 0 aliphatic carbocycles. The van der Waals surface area contributed by atoms with Gasteiger partial charge in [0.25, 0.3) is 0 Å². The number of nitrogens with zero attached hydrogens (tertiary/aromatic N) is 3. The summed E-state index contributed by atoms with van der Waals surface area (Å²) < 4.78 is 0. The first kappa shape index (κ1) is 23.3. The molecule has 1 atom stereocenters. The number of carbonyl (C=O) groups excluding carboxylic acids is 1. The van der Waals surface area contributed by atoms with Gasteiger partial charge < -0.3 is 15.6 Å². The van der Waals surface area contributed by atoms with E-state index in [0.29, 0.717) is 18.1 Å². The molecule has 0 unspecified atom stereocenters. The Morgan fingerprint density at radius 2 is 1.81 bits per heavy atom. The first-order valence-electron chi connectivity index (χ1n) is 12.0. The Labute approximate surface area is 209 Å². The van der Waals surface area contributed by atoms with E-state index < -0.39 is 0 Å². The Kier molecular flexibility index (Phi) is 6.49. The molecule has 3 aromatic heterocycles. The van der Waals surface area contributed by atoms with E-state index in [9.17, 15) is 4.79 Å². The molecule has 5 aromatic rings. The number of aryl methyl sites for hydroxylation is 2. The molecule has 0 bridgehead atoms. The van der Waals surface area contributed by atoms with E-state index in [4.69, 9.17) is 4.98 Å². The number of hydrogen-bond donors (Lipinski definition) is 4. The molecule has 1 amide bonds. The molecule has 0 spiro atoms. The maximum absolute atomic E-state index is 13.3. The quantitative estimate of drug-likeness (QED) is 0.259. The Hall–Kier alpha value is -4.46. The molecule has 2 aromatic carbocycles. The van der Waals surface area contributed by atoms with Gasteiger partial charge in [0.05, 0.1) is 23.9 Å². The number of carbonyl (C=O) groups is 1. The van der Waals surface area contributed by atoms with E-state index >= 15 is 0 Å². The van der Waals surface area contributed by atoms with Crippen LogP contribution in [0.1, 0.15) is 34.3 Å². The molecule has 0 aliphatic heterocycles. The summed E-state index contributed by atoms with van der Waals surface area (Å²) in [6.07, 6.45) is 2.83. The maximum Gasteiger partial charge on any atom is 0.225 e. The average Bonchev–Trinajstić information content (AvgIpc) is 3.46. The molecule has 0 radical (unpaired) electrons. The van der Waals surface area contributed by atoms with E-state index in [1.54, 1.807) is 0 Å². The Morgan fingerprint density at radius 3 is 2.56 bits per heavy atom. The van der Waals surface area contributed by atoms with Crippen LogP contribution in [0.3, 0.4) is 0 Å². The summed E-state index contributed by atoms with van der Waals surface area (Å²) in [5.41, 5.74) is 6.48. The van der Waals surface area contributed by atoms with Gasteiger partial charge in [0.15, 0.2) is 5.82 Å². The van der Waals surface area contributed by atoms with E-state index in [-0.39, 0.29) is 18.4 Å². The van der Waals surface area contributed by atoms with Crippen LogP contribution in [0, 0.1) is 13.8 Å². The number of anilines is 1. The predicted molar refractivity (Wildman–Crippen MR) is 142 cm³/mol. The minimum Gasteiger partial charge on any atom is -0.373 e. The molecule has 0 saturated carbocycles. The van der Waals surface area contributed by atoms with Gasteiger partial charge in [-0.1, -0.05) is 48.5 Å². The molecule has 0 fully saturated rings. The molecule has 36 heavy (non-hydrogen) atoms. The van der Waals surface area contributed by atoms with Crippen molar-refractivity contribution in [3.05, 3.63) is 95.1 Å². The van der Waals surface area contributed by atoms with Gasteiger partial charge in [-0.3, -0.25) is 9.89 Å². The molecule has 3 heterocycles. The van der Waals surface area contributed by atoms with Gasteiger partial charge in [0.1, 0.15) is 5.82 Å². The largest absolute Gasteiger partial charge is 0.373 e. The lowest BCUT2D eigenvalue weighted by atomic mass is 10.0. The van der Waals surface area contributed by atoms with E-state index in [1.165, 1.54) is 0 Å². The van der Waals surface area contributed by atoms with Crippen LogP contribution < -0.4 is 10.6 Å². The number of amides is 1. The van der Waals surface area contributed by atoms with Crippen molar-refractivity contribution in [3.8, 4) is 11.4 Å². The number of hydrogen-bond acceptors (Lipinski definition) is 5. The number of nitrogens with one attached hydrogen (secondary N) is 4. The fourth-order valence-corrected chi connectivity index (χ4v) is 4.48. The molecule has 8 heteroatoms. The van der Waals surface area contributed by atoms with Crippen molar-refractivity contribution in [1.82, 2.24) is 30.5 Å². The minimum absolute atomic E-state index is 0.0849. The highest BCUT2D eigenvalue weighted by Crippen LogP contribution is 2.27. The summed E-state index contributed by atoms with van der Waals surface area (Å²) in [6.45, 7) is 3.84. The number of H-pyrrole nitrogens is 2. The average molecular weight is 480 g/mol. The van der Waals surface area contributed by atoms with Crippen LogP contribution in [-0.2, 0) is 17.6 Å². The second-order valence-corrected chi connectivity index (χ2v) is 8.89. The molecule has 5 rings (SSSR count). The highest BCUT2D eigenvalue weighted by molar-refractivity contribution is 5.83. The fourth-order valence-electron chi connectivity index (χ4n) is 4.48. The van der Waals surface area contributed by atoms with Crippen molar-refractivity contribution in [1.29, 1.82) is 0 Å². The molecule has 0 saturated heterocycles. The Morgan fingerprint density at radius 1 is 1.03 bits per heavy atom. The van der Waals surface area contributed by atoms with Gasteiger partial charge in [-0.15, -0.1) is 0 Å². The van der Waals surface area contributed by atoms with Crippen molar-refractivity contribution < 1.29 is 4.79 Å². The summed E-state index contributed by atoms with van der Waals surface area (Å²) in [5.74, 6) is 1.22. The third-order valence-electron chi connectivity index (χ3n) is 6.44. The third-order valence-corrected chi connectivity index (χ3v) is 6.44. The minimum atomic E-state index is -0.359. The molecular weight excluding hydrogens is 450 g/mol. The highest BCUT2D eigenvalue weighted by Gasteiger charge is 2.22. The monoisotopic (exact) mass is 479 g/mol. The second-order valence-electron chi connectivity index (χ2n) is 8.89. The van der Waals surface area contributed by atoms with Gasteiger partial charge in [0, 0.05) is 53.5 Å². The maximum atomic E-state index is 13.3. The van der Waals surface area contributed by atoms with Crippen molar-refractivity contribution >= 4 is 22.6 Å². The Bertz CT molecular complexity index is 1480. The Balaban J connectivity index is 1.52. The van der Waals surface area contributed by atoms with Gasteiger partial charge in [0.2, 0.25) is 5.91 Å². The molecular formula is C28H29N7O. The number of rotatable bonds is 8. The van der Waals surface area contributed by atoms with Crippen LogP contribution in [0.15, 0.2) is 66.9 Å². The summed E-state index contributed by atoms with van der Waals surface area (Å²) in [5, 5.41) is 14.7. The summed E-state index contributed by atoms with van der Waals surface area (Å²) in [6, 6.07) is 19.6. The molecule has 182 valence electrons. The van der Waals surface area contributed by atoms with Gasteiger partial charge in [-0.2, -0.15) is 5.10 Å².